The lowest BCUT2D eigenvalue weighted by molar-refractivity contribution is 0.0578. The van der Waals surface area contributed by atoms with Crippen LogP contribution in [0.15, 0.2) is 18.3 Å². The third-order valence-corrected chi connectivity index (χ3v) is 2.80. The summed E-state index contributed by atoms with van der Waals surface area (Å²) < 4.78 is 0. The molecule has 1 amide bonds. The van der Waals surface area contributed by atoms with E-state index in [1.165, 1.54) is 0 Å². The molecular formula is C14H23N3O2. The van der Waals surface area contributed by atoms with E-state index in [0.29, 0.717) is 12.1 Å². The van der Waals surface area contributed by atoms with E-state index in [1.807, 2.05) is 32.8 Å². The Kier molecular flexibility index (Phi) is 5.30. The molecule has 0 spiro atoms. The smallest absolute Gasteiger partial charge is 0.254 e. The number of amides is 1. The molecule has 0 aliphatic heterocycles. The summed E-state index contributed by atoms with van der Waals surface area (Å²) in [6.45, 7) is 5.89. The number of aromatic nitrogens is 1. The van der Waals surface area contributed by atoms with Crippen LogP contribution in [0.1, 0.15) is 31.1 Å². The summed E-state index contributed by atoms with van der Waals surface area (Å²) in [4.78, 5) is 20.2. The summed E-state index contributed by atoms with van der Waals surface area (Å²) in [5.74, 6) is 0.660. The average Bonchev–Trinajstić information content (AvgIpc) is 2.34. The van der Waals surface area contributed by atoms with Gasteiger partial charge in [-0.15, -0.1) is 0 Å². The highest BCUT2D eigenvalue weighted by Gasteiger charge is 2.20. The van der Waals surface area contributed by atoms with E-state index in [4.69, 9.17) is 0 Å². The van der Waals surface area contributed by atoms with Gasteiger partial charge in [-0.25, -0.2) is 4.98 Å². The Morgan fingerprint density at radius 3 is 2.47 bits per heavy atom. The van der Waals surface area contributed by atoms with Crippen LogP contribution in [0.3, 0.4) is 0 Å². The van der Waals surface area contributed by atoms with Gasteiger partial charge < -0.3 is 14.9 Å². The molecule has 19 heavy (non-hydrogen) atoms. The SMILES string of the molecule is CC(O)CN(C(=O)c1ccnc(N(C)C)c1)C(C)C. The maximum atomic E-state index is 12.5. The number of aliphatic hydroxyl groups is 1. The van der Waals surface area contributed by atoms with Gasteiger partial charge in [-0.3, -0.25) is 4.79 Å². The lowest BCUT2D eigenvalue weighted by Gasteiger charge is -2.28. The van der Waals surface area contributed by atoms with Crippen molar-refractivity contribution in [2.45, 2.75) is 32.9 Å². The zero-order valence-electron chi connectivity index (χ0n) is 12.3. The summed E-state index contributed by atoms with van der Waals surface area (Å²) in [6.07, 6.45) is 1.09. The fourth-order valence-corrected chi connectivity index (χ4v) is 1.77. The van der Waals surface area contributed by atoms with E-state index in [0.717, 1.165) is 5.82 Å². The lowest BCUT2D eigenvalue weighted by atomic mass is 10.2. The van der Waals surface area contributed by atoms with E-state index in [9.17, 15) is 9.90 Å². The molecule has 5 heteroatoms. The second-order valence-electron chi connectivity index (χ2n) is 5.20. The van der Waals surface area contributed by atoms with Gasteiger partial charge >= 0.3 is 0 Å². The third kappa shape index (κ3) is 4.21. The molecule has 1 heterocycles. The lowest BCUT2D eigenvalue weighted by Crippen LogP contribution is -2.41. The fraction of sp³-hybridized carbons (Fsp3) is 0.571. The molecule has 0 bridgehead atoms. The van der Waals surface area contributed by atoms with Gasteiger partial charge in [0, 0.05) is 38.4 Å². The number of carbonyl (C=O) groups is 1. The van der Waals surface area contributed by atoms with Crippen LogP contribution >= 0.6 is 0 Å². The number of rotatable bonds is 5. The van der Waals surface area contributed by atoms with Crippen LogP contribution in [0.25, 0.3) is 0 Å². The molecule has 0 radical (unpaired) electrons. The highest BCUT2D eigenvalue weighted by molar-refractivity contribution is 5.95. The van der Waals surface area contributed by atoms with Crippen molar-refractivity contribution in [3.05, 3.63) is 23.9 Å². The highest BCUT2D eigenvalue weighted by Crippen LogP contribution is 2.14. The van der Waals surface area contributed by atoms with E-state index in [1.54, 1.807) is 30.2 Å². The van der Waals surface area contributed by atoms with Crippen LogP contribution in [0, 0.1) is 0 Å². The van der Waals surface area contributed by atoms with Gasteiger partial charge in [0.25, 0.3) is 5.91 Å². The van der Waals surface area contributed by atoms with Crippen LogP contribution < -0.4 is 4.90 Å². The van der Waals surface area contributed by atoms with Crippen molar-refractivity contribution in [3.63, 3.8) is 0 Å². The van der Waals surface area contributed by atoms with Crippen molar-refractivity contribution >= 4 is 11.7 Å². The van der Waals surface area contributed by atoms with E-state index < -0.39 is 6.10 Å². The van der Waals surface area contributed by atoms with Gasteiger partial charge in [-0.05, 0) is 32.9 Å². The molecule has 1 aromatic heterocycles. The minimum absolute atomic E-state index is 0.0399. The Bertz CT molecular complexity index is 430. The van der Waals surface area contributed by atoms with Gasteiger partial charge in [-0.2, -0.15) is 0 Å². The molecule has 0 aromatic carbocycles. The second kappa shape index (κ2) is 6.52. The van der Waals surface area contributed by atoms with Crippen molar-refractivity contribution in [2.24, 2.45) is 0 Å². The molecule has 0 saturated carbocycles. The standard InChI is InChI=1S/C14H23N3O2/c1-10(2)17(9-11(3)18)14(19)12-6-7-15-13(8-12)16(4)5/h6-8,10-11,18H,9H2,1-5H3. The van der Waals surface area contributed by atoms with Gasteiger partial charge in [0.05, 0.1) is 6.10 Å². The average molecular weight is 265 g/mol. The molecule has 0 aliphatic rings. The molecule has 0 saturated heterocycles. The number of nitrogens with zero attached hydrogens (tertiary/aromatic N) is 3. The van der Waals surface area contributed by atoms with Crippen molar-refractivity contribution in [3.8, 4) is 0 Å². The fourth-order valence-electron chi connectivity index (χ4n) is 1.77. The number of pyridine rings is 1. The summed E-state index contributed by atoms with van der Waals surface area (Å²) in [7, 11) is 3.76. The predicted octanol–water partition coefficient (Wildman–Crippen LogP) is 1.38. The summed E-state index contributed by atoms with van der Waals surface area (Å²) in [6, 6.07) is 3.50. The van der Waals surface area contributed by atoms with E-state index in [-0.39, 0.29) is 11.9 Å². The first-order chi connectivity index (χ1) is 8.82. The number of hydrogen-bond acceptors (Lipinski definition) is 4. The summed E-state index contributed by atoms with van der Waals surface area (Å²) >= 11 is 0. The highest BCUT2D eigenvalue weighted by atomic mass is 16.3. The molecule has 0 fully saturated rings. The van der Waals surface area contributed by atoms with Gasteiger partial charge in [0.2, 0.25) is 0 Å². The Morgan fingerprint density at radius 2 is 2.00 bits per heavy atom. The first-order valence-electron chi connectivity index (χ1n) is 6.45. The molecule has 1 N–H and O–H groups in total. The van der Waals surface area contributed by atoms with Crippen molar-refractivity contribution < 1.29 is 9.90 Å². The summed E-state index contributed by atoms with van der Waals surface area (Å²) in [5.41, 5.74) is 0.591. The Morgan fingerprint density at radius 1 is 1.37 bits per heavy atom. The molecule has 1 atom stereocenters. The number of anilines is 1. The number of carbonyl (C=O) groups excluding carboxylic acids is 1. The van der Waals surface area contributed by atoms with Crippen LogP contribution in [0.4, 0.5) is 5.82 Å². The van der Waals surface area contributed by atoms with Gasteiger partial charge in [0.15, 0.2) is 0 Å². The van der Waals surface area contributed by atoms with Crippen LogP contribution in [0.2, 0.25) is 0 Å². The van der Waals surface area contributed by atoms with Crippen LogP contribution in [-0.2, 0) is 0 Å². The Labute approximate surface area is 114 Å². The minimum Gasteiger partial charge on any atom is -0.392 e. The molecule has 106 valence electrons. The first-order valence-corrected chi connectivity index (χ1v) is 6.45. The molecular weight excluding hydrogens is 242 g/mol. The monoisotopic (exact) mass is 265 g/mol. The zero-order valence-corrected chi connectivity index (χ0v) is 12.3. The Balaban J connectivity index is 2.99. The second-order valence-corrected chi connectivity index (χ2v) is 5.20. The number of hydrogen-bond donors (Lipinski definition) is 1. The van der Waals surface area contributed by atoms with E-state index in [2.05, 4.69) is 4.98 Å². The quantitative estimate of drug-likeness (QED) is 0.874. The van der Waals surface area contributed by atoms with E-state index >= 15 is 0 Å². The van der Waals surface area contributed by atoms with Gasteiger partial charge in [-0.1, -0.05) is 0 Å². The normalized spacial score (nSPS) is 12.4. The largest absolute Gasteiger partial charge is 0.392 e. The Hall–Kier alpha value is -1.62. The minimum atomic E-state index is -0.540. The molecule has 0 aliphatic carbocycles. The maximum Gasteiger partial charge on any atom is 0.254 e. The van der Waals surface area contributed by atoms with Crippen molar-refractivity contribution in [1.29, 1.82) is 0 Å². The third-order valence-electron chi connectivity index (χ3n) is 2.80. The van der Waals surface area contributed by atoms with Gasteiger partial charge in [0.1, 0.15) is 5.82 Å². The predicted molar refractivity (Wildman–Crippen MR) is 76.4 cm³/mol. The van der Waals surface area contributed by atoms with Crippen molar-refractivity contribution in [1.82, 2.24) is 9.88 Å². The topological polar surface area (TPSA) is 56.7 Å². The molecule has 1 unspecified atom stereocenters. The van der Waals surface area contributed by atoms with Crippen molar-refractivity contribution in [2.75, 3.05) is 25.5 Å². The van der Waals surface area contributed by atoms with Crippen LogP contribution in [0.5, 0.6) is 0 Å². The summed E-state index contributed by atoms with van der Waals surface area (Å²) in [5, 5.41) is 9.50. The molecule has 1 rings (SSSR count). The molecule has 5 nitrogen and oxygen atoms in total. The molecule has 1 aromatic rings. The van der Waals surface area contributed by atoms with Crippen LogP contribution in [-0.4, -0.2) is 53.7 Å². The number of aliphatic hydroxyl groups excluding tert-OH is 1. The zero-order chi connectivity index (χ0) is 14.6. The maximum absolute atomic E-state index is 12.5. The first kappa shape index (κ1) is 15.4.